The molecule has 5 nitrogen and oxygen atoms in total. The van der Waals surface area contributed by atoms with Crippen LogP contribution in [-0.2, 0) is 6.54 Å². The molecule has 2 N–H and O–H groups in total. The van der Waals surface area contributed by atoms with Crippen LogP contribution in [-0.4, -0.2) is 20.2 Å². The third-order valence-corrected chi connectivity index (χ3v) is 3.29. The molecule has 0 saturated carbocycles. The highest BCUT2D eigenvalue weighted by Crippen LogP contribution is 2.24. The largest absolute Gasteiger partial charge is 0.398 e. The number of hydrogen-bond acceptors (Lipinski definition) is 4. The Balaban J connectivity index is 1.97. The van der Waals surface area contributed by atoms with Crippen LogP contribution in [0.15, 0.2) is 42.5 Å². The number of hydrogen-bond donors (Lipinski definition) is 1. The second-order valence-corrected chi connectivity index (χ2v) is 4.95. The second-order valence-electron chi connectivity index (χ2n) is 4.52. The molecule has 2 aromatic carbocycles. The van der Waals surface area contributed by atoms with Gasteiger partial charge in [0.25, 0.3) is 0 Å². The zero-order valence-electron chi connectivity index (χ0n) is 10.9. The molecule has 1 heterocycles. The summed E-state index contributed by atoms with van der Waals surface area (Å²) in [5, 5.41) is 12.2. The molecule has 21 heavy (non-hydrogen) atoms. The molecule has 106 valence electrons. The predicted octanol–water partition coefficient (Wildman–Crippen LogP) is 2.76. The summed E-state index contributed by atoms with van der Waals surface area (Å²) < 4.78 is 15.0. The van der Waals surface area contributed by atoms with Gasteiger partial charge in [0.05, 0.1) is 6.54 Å². The molecule has 3 aromatic rings. The van der Waals surface area contributed by atoms with Crippen LogP contribution < -0.4 is 5.73 Å². The Morgan fingerprint density at radius 1 is 1.14 bits per heavy atom. The number of rotatable bonds is 3. The molecule has 0 spiro atoms. The van der Waals surface area contributed by atoms with Gasteiger partial charge in [-0.2, -0.15) is 0 Å². The van der Waals surface area contributed by atoms with Crippen LogP contribution in [0.4, 0.5) is 10.1 Å². The highest BCUT2D eigenvalue weighted by molar-refractivity contribution is 6.30. The Labute approximate surface area is 125 Å². The second kappa shape index (κ2) is 5.49. The summed E-state index contributed by atoms with van der Waals surface area (Å²) in [7, 11) is 0. The van der Waals surface area contributed by atoms with E-state index in [1.165, 1.54) is 18.2 Å². The molecule has 0 bridgehead atoms. The van der Waals surface area contributed by atoms with Gasteiger partial charge >= 0.3 is 0 Å². The third kappa shape index (κ3) is 2.85. The van der Waals surface area contributed by atoms with E-state index in [4.69, 9.17) is 17.3 Å². The molecule has 0 unspecified atom stereocenters. The highest BCUT2D eigenvalue weighted by Gasteiger charge is 2.13. The number of anilines is 1. The van der Waals surface area contributed by atoms with Crippen LogP contribution in [0.1, 0.15) is 5.56 Å². The molecule has 0 fully saturated rings. The molecular weight excluding hydrogens is 293 g/mol. The molecule has 3 rings (SSSR count). The zero-order valence-corrected chi connectivity index (χ0v) is 11.6. The Bertz CT molecular complexity index is 769. The first-order valence-corrected chi connectivity index (χ1v) is 6.57. The Morgan fingerprint density at radius 3 is 2.67 bits per heavy atom. The van der Waals surface area contributed by atoms with Gasteiger partial charge in [-0.25, -0.2) is 9.07 Å². The average Bonchev–Trinajstić information content (AvgIpc) is 2.92. The van der Waals surface area contributed by atoms with E-state index in [-0.39, 0.29) is 5.82 Å². The van der Waals surface area contributed by atoms with Crippen molar-refractivity contribution >= 4 is 17.3 Å². The molecule has 0 radical (unpaired) electrons. The topological polar surface area (TPSA) is 69.6 Å². The van der Waals surface area contributed by atoms with Crippen LogP contribution in [0.5, 0.6) is 0 Å². The molecule has 7 heteroatoms. The smallest absolute Gasteiger partial charge is 0.184 e. The fraction of sp³-hybridized carbons (Fsp3) is 0.0714. The summed E-state index contributed by atoms with van der Waals surface area (Å²) in [5.41, 5.74) is 7.73. The standard InChI is InChI=1S/C14H11ClFN5/c15-10-3-1-9(2-4-10)8-21-14(18-19-20-21)12-7-11(16)5-6-13(12)17/h1-7H,8,17H2. The minimum absolute atomic E-state index is 0.389. The molecule has 0 amide bonds. The lowest BCUT2D eigenvalue weighted by Gasteiger charge is -2.07. The third-order valence-electron chi connectivity index (χ3n) is 3.03. The number of nitrogen functional groups attached to an aromatic ring is 1. The van der Waals surface area contributed by atoms with E-state index < -0.39 is 0 Å². The first-order chi connectivity index (χ1) is 10.1. The maximum atomic E-state index is 13.4. The summed E-state index contributed by atoms with van der Waals surface area (Å²) in [6.07, 6.45) is 0. The van der Waals surface area contributed by atoms with E-state index in [1.807, 2.05) is 12.1 Å². The normalized spacial score (nSPS) is 10.8. The van der Waals surface area contributed by atoms with E-state index in [0.717, 1.165) is 5.56 Å². The number of nitrogens with two attached hydrogens (primary N) is 1. The molecule has 0 aliphatic carbocycles. The van der Waals surface area contributed by atoms with Gasteiger partial charge < -0.3 is 5.73 Å². The van der Waals surface area contributed by atoms with Crippen molar-refractivity contribution in [3.05, 3.63) is 58.9 Å². The average molecular weight is 304 g/mol. The number of halogens is 2. The first-order valence-electron chi connectivity index (χ1n) is 6.19. The van der Waals surface area contributed by atoms with E-state index >= 15 is 0 Å². The molecule has 0 aliphatic rings. The van der Waals surface area contributed by atoms with Crippen molar-refractivity contribution in [3.63, 3.8) is 0 Å². The number of aromatic nitrogens is 4. The van der Waals surface area contributed by atoms with E-state index in [2.05, 4.69) is 15.5 Å². The SMILES string of the molecule is Nc1ccc(F)cc1-c1nnnn1Cc1ccc(Cl)cc1. The van der Waals surface area contributed by atoms with Crippen molar-refractivity contribution in [3.8, 4) is 11.4 Å². The van der Waals surface area contributed by atoms with Gasteiger partial charge in [-0.1, -0.05) is 23.7 Å². The number of nitrogens with zero attached hydrogens (tertiary/aromatic N) is 4. The summed E-state index contributed by atoms with van der Waals surface area (Å²) >= 11 is 5.85. The van der Waals surface area contributed by atoms with Crippen LogP contribution in [0.3, 0.4) is 0 Å². The number of benzene rings is 2. The van der Waals surface area contributed by atoms with Gasteiger partial charge in [0.2, 0.25) is 0 Å². The molecule has 0 aliphatic heterocycles. The monoisotopic (exact) mass is 303 g/mol. The van der Waals surface area contributed by atoms with E-state index in [0.29, 0.717) is 28.6 Å². The lowest BCUT2D eigenvalue weighted by atomic mass is 10.1. The summed E-state index contributed by atoms with van der Waals surface area (Å²) in [4.78, 5) is 0. The van der Waals surface area contributed by atoms with Gasteiger partial charge in [0.15, 0.2) is 5.82 Å². The van der Waals surface area contributed by atoms with Gasteiger partial charge in [-0.05, 0) is 46.3 Å². The highest BCUT2D eigenvalue weighted by atomic mass is 35.5. The van der Waals surface area contributed by atoms with Crippen LogP contribution in [0.25, 0.3) is 11.4 Å². The van der Waals surface area contributed by atoms with Crippen molar-refractivity contribution in [2.24, 2.45) is 0 Å². The lowest BCUT2D eigenvalue weighted by molar-refractivity contribution is 0.627. The molecule has 0 saturated heterocycles. The Morgan fingerprint density at radius 2 is 1.90 bits per heavy atom. The van der Waals surface area contributed by atoms with Crippen molar-refractivity contribution in [1.29, 1.82) is 0 Å². The van der Waals surface area contributed by atoms with Crippen molar-refractivity contribution < 1.29 is 4.39 Å². The maximum Gasteiger partial charge on any atom is 0.184 e. The Kier molecular flexibility index (Phi) is 3.53. The van der Waals surface area contributed by atoms with Crippen molar-refractivity contribution in [1.82, 2.24) is 20.2 Å². The lowest BCUT2D eigenvalue weighted by Crippen LogP contribution is -2.05. The Hall–Kier alpha value is -2.47. The molecule has 0 atom stereocenters. The van der Waals surface area contributed by atoms with Crippen molar-refractivity contribution in [2.75, 3.05) is 5.73 Å². The van der Waals surface area contributed by atoms with Crippen LogP contribution in [0.2, 0.25) is 5.02 Å². The zero-order chi connectivity index (χ0) is 14.8. The van der Waals surface area contributed by atoms with Gasteiger partial charge in [-0.3, -0.25) is 0 Å². The maximum absolute atomic E-state index is 13.4. The minimum Gasteiger partial charge on any atom is -0.398 e. The molecule has 1 aromatic heterocycles. The molecular formula is C14H11ClFN5. The van der Waals surface area contributed by atoms with Crippen molar-refractivity contribution in [2.45, 2.75) is 6.54 Å². The predicted molar refractivity (Wildman–Crippen MR) is 78.2 cm³/mol. The summed E-state index contributed by atoms with van der Waals surface area (Å²) in [5.74, 6) is 0.0298. The fourth-order valence-corrected chi connectivity index (χ4v) is 2.11. The van der Waals surface area contributed by atoms with Gasteiger partial charge in [0, 0.05) is 16.3 Å². The van der Waals surface area contributed by atoms with Crippen LogP contribution >= 0.6 is 11.6 Å². The van der Waals surface area contributed by atoms with E-state index in [1.54, 1.807) is 16.8 Å². The van der Waals surface area contributed by atoms with Crippen LogP contribution in [0, 0.1) is 5.82 Å². The van der Waals surface area contributed by atoms with Gasteiger partial charge in [-0.15, -0.1) is 5.10 Å². The fourth-order valence-electron chi connectivity index (χ4n) is 1.99. The quantitative estimate of drug-likeness (QED) is 0.755. The van der Waals surface area contributed by atoms with Gasteiger partial charge in [0.1, 0.15) is 5.82 Å². The van der Waals surface area contributed by atoms with E-state index in [9.17, 15) is 4.39 Å². The summed E-state index contributed by atoms with van der Waals surface area (Å²) in [6, 6.07) is 11.4. The summed E-state index contributed by atoms with van der Waals surface area (Å²) in [6.45, 7) is 0.440. The minimum atomic E-state index is -0.389. The number of tetrazole rings is 1. The first kappa shape index (κ1) is 13.5.